The summed E-state index contributed by atoms with van der Waals surface area (Å²) in [5.74, 6) is 0.267. The van der Waals surface area contributed by atoms with Gasteiger partial charge in [-0.2, -0.15) is 5.21 Å². The highest BCUT2D eigenvalue weighted by Gasteiger charge is 2.29. The van der Waals surface area contributed by atoms with E-state index < -0.39 is 6.04 Å². The number of aromatic amines is 1. The molecule has 3 aromatic carbocycles. The molecule has 6 N–H and O–H groups in total. The van der Waals surface area contributed by atoms with Gasteiger partial charge in [-0.15, -0.1) is 22.6 Å². The summed E-state index contributed by atoms with van der Waals surface area (Å²) >= 11 is 0. The molecule has 0 bridgehead atoms. The molecule has 1 heterocycles. The van der Waals surface area contributed by atoms with E-state index in [0.29, 0.717) is 42.5 Å². The monoisotopic (exact) mass is 729 g/mol. The highest BCUT2D eigenvalue weighted by atomic mass is 35.5. The van der Waals surface area contributed by atoms with Crippen LogP contribution in [0.4, 0.5) is 5.69 Å². The van der Waals surface area contributed by atoms with Crippen LogP contribution in [0.1, 0.15) is 67.4 Å². The van der Waals surface area contributed by atoms with Crippen LogP contribution in [0, 0.1) is 18.8 Å². The topological polar surface area (TPSA) is 171 Å². The van der Waals surface area contributed by atoms with Crippen LogP contribution in [0.25, 0.3) is 22.5 Å². The van der Waals surface area contributed by atoms with E-state index in [-0.39, 0.29) is 36.0 Å². The van der Waals surface area contributed by atoms with Crippen LogP contribution in [-0.2, 0) is 16.0 Å². The Morgan fingerprint density at radius 2 is 1.63 bits per heavy atom. The van der Waals surface area contributed by atoms with Gasteiger partial charge in [-0.1, -0.05) is 44.2 Å². The van der Waals surface area contributed by atoms with Crippen molar-refractivity contribution in [3.05, 3.63) is 83.4 Å². The highest BCUT2D eigenvalue weighted by molar-refractivity contribution is 5.98. The van der Waals surface area contributed by atoms with Gasteiger partial charge in [0.25, 0.3) is 5.91 Å². The van der Waals surface area contributed by atoms with Gasteiger partial charge in [-0.25, -0.2) is 0 Å². The number of halogens is 1. The van der Waals surface area contributed by atoms with Crippen molar-refractivity contribution in [1.29, 1.82) is 0 Å². The average molecular weight is 730 g/mol. The van der Waals surface area contributed by atoms with Crippen LogP contribution in [0.3, 0.4) is 0 Å². The zero-order valence-electron chi connectivity index (χ0n) is 30.4. The molecule has 1 aliphatic carbocycles. The first kappa shape index (κ1) is 40.1. The Kier molecular flexibility index (Phi) is 15.3. The van der Waals surface area contributed by atoms with Crippen LogP contribution in [-0.4, -0.2) is 82.0 Å². The van der Waals surface area contributed by atoms with Crippen LogP contribution in [0.2, 0.25) is 0 Å². The molecule has 3 amide bonds. The third-order valence-electron chi connectivity index (χ3n) is 9.98. The lowest BCUT2D eigenvalue weighted by molar-refractivity contribution is -0.130. The molecule has 1 fully saturated rings. The number of carbonyl (C=O) groups is 3. The maximum absolute atomic E-state index is 13.7. The molecule has 0 saturated heterocycles. The van der Waals surface area contributed by atoms with Gasteiger partial charge < -0.3 is 26.6 Å². The lowest BCUT2D eigenvalue weighted by Gasteiger charge is -2.28. The fourth-order valence-electron chi connectivity index (χ4n) is 6.65. The Morgan fingerprint density at radius 1 is 0.942 bits per heavy atom. The van der Waals surface area contributed by atoms with E-state index >= 15 is 0 Å². The molecule has 278 valence electrons. The molecule has 5 rings (SSSR count). The van der Waals surface area contributed by atoms with Crippen molar-refractivity contribution in [2.75, 3.05) is 38.0 Å². The van der Waals surface area contributed by atoms with E-state index in [1.54, 1.807) is 24.3 Å². The number of nitrogens with zero attached hydrogens (tertiary/aromatic N) is 4. The van der Waals surface area contributed by atoms with Gasteiger partial charge in [0.1, 0.15) is 6.04 Å². The number of anilines is 1. The van der Waals surface area contributed by atoms with Crippen molar-refractivity contribution < 1.29 is 14.4 Å². The minimum absolute atomic E-state index is 0. The van der Waals surface area contributed by atoms with Crippen molar-refractivity contribution in [3.8, 4) is 22.5 Å². The first-order chi connectivity index (χ1) is 24.8. The van der Waals surface area contributed by atoms with Crippen LogP contribution in [0.15, 0.2) is 66.7 Å². The molecule has 12 nitrogen and oxygen atoms in total. The molecule has 1 aromatic heterocycles. The van der Waals surface area contributed by atoms with Crippen LogP contribution < -0.4 is 21.7 Å². The Morgan fingerprint density at radius 3 is 2.27 bits per heavy atom. The number of aryl methyl sites for hydroxylation is 1. The molecule has 4 aromatic rings. The third kappa shape index (κ3) is 10.9. The smallest absolute Gasteiger partial charge is 0.251 e. The second-order valence-electron chi connectivity index (χ2n) is 13.4. The fraction of sp³-hybridized carbons (Fsp3) is 0.436. The molecule has 1 saturated carbocycles. The quantitative estimate of drug-likeness (QED) is 0.0986. The van der Waals surface area contributed by atoms with E-state index in [2.05, 4.69) is 55.3 Å². The molecule has 0 spiro atoms. The van der Waals surface area contributed by atoms with Crippen LogP contribution in [0.5, 0.6) is 0 Å². The number of tetrazole rings is 1. The number of hydrogen-bond acceptors (Lipinski definition) is 8. The zero-order valence-corrected chi connectivity index (χ0v) is 31.2. The van der Waals surface area contributed by atoms with Gasteiger partial charge in [-0.3, -0.25) is 14.4 Å². The second-order valence-corrected chi connectivity index (χ2v) is 13.4. The third-order valence-corrected chi connectivity index (χ3v) is 9.98. The summed E-state index contributed by atoms with van der Waals surface area (Å²) in [5.41, 5.74) is 11.7. The minimum atomic E-state index is -0.789. The van der Waals surface area contributed by atoms with E-state index in [9.17, 15) is 14.4 Å². The Labute approximate surface area is 312 Å². The summed E-state index contributed by atoms with van der Waals surface area (Å²) in [5, 5.41) is 23.1. The number of rotatable bonds is 16. The average Bonchev–Trinajstić information content (AvgIpc) is 3.71. The first-order valence-corrected chi connectivity index (χ1v) is 18.1. The van der Waals surface area contributed by atoms with Crippen LogP contribution >= 0.6 is 12.4 Å². The minimum Gasteiger partial charge on any atom is -0.352 e. The number of H-pyrrole nitrogens is 1. The maximum atomic E-state index is 13.7. The first-order valence-electron chi connectivity index (χ1n) is 18.1. The number of nitrogens with two attached hydrogens (primary N) is 1. The molecule has 1 aliphatic rings. The highest BCUT2D eigenvalue weighted by Crippen LogP contribution is 2.29. The number of aromatic nitrogens is 4. The predicted octanol–water partition coefficient (Wildman–Crippen LogP) is 5.16. The van der Waals surface area contributed by atoms with Gasteiger partial charge in [0.05, 0.1) is 0 Å². The Balaban J connectivity index is 0.00000605. The van der Waals surface area contributed by atoms with Crippen molar-refractivity contribution >= 4 is 35.8 Å². The number of amides is 3. The summed E-state index contributed by atoms with van der Waals surface area (Å²) in [6.45, 7) is 10.5. The summed E-state index contributed by atoms with van der Waals surface area (Å²) < 4.78 is 0. The van der Waals surface area contributed by atoms with Gasteiger partial charge in [-0.05, 0) is 135 Å². The number of nitrogens with one attached hydrogen (secondary N) is 4. The van der Waals surface area contributed by atoms with E-state index in [4.69, 9.17) is 5.73 Å². The number of carbonyl (C=O) groups excluding carboxylic acids is 3. The molecular formula is C39H52ClN9O3. The largest absolute Gasteiger partial charge is 0.352 e. The van der Waals surface area contributed by atoms with Gasteiger partial charge >= 0.3 is 0 Å². The number of benzene rings is 3. The molecule has 52 heavy (non-hydrogen) atoms. The fourth-order valence-corrected chi connectivity index (χ4v) is 6.65. The molecule has 0 aliphatic heterocycles. The molecule has 1 atom stereocenters. The summed E-state index contributed by atoms with van der Waals surface area (Å²) in [7, 11) is 0. The standard InChI is InChI=1S/C39H51N9O3.ClH/c1-4-48(5-2)22-6-21-41-37(49)32-12-7-26(3)34(24-32)29-13-8-27(9-14-29)23-35(43-38(50)31-15-10-28(25-40)11-16-31)39(51)42-33-19-17-30(18-20-33)36-44-46-47-45-36;/h7-9,12-14,17-20,24,28,31,35H,4-6,10-11,15-16,21-23,25,40H2,1-3H3,(H,41,49)(H,42,51)(H,43,50)(H,44,45,46,47);1H/t28-,31-,35-;/m0./s1. The van der Waals surface area contributed by atoms with E-state index in [1.165, 1.54) is 0 Å². The molecular weight excluding hydrogens is 678 g/mol. The Bertz CT molecular complexity index is 1720. The van der Waals surface area contributed by atoms with Crippen molar-refractivity contribution in [3.63, 3.8) is 0 Å². The lowest BCUT2D eigenvalue weighted by atomic mass is 9.81. The lowest BCUT2D eigenvalue weighted by Crippen LogP contribution is -2.48. The second kappa shape index (κ2) is 19.8. The Hall–Kier alpha value is -4.65. The normalized spacial score (nSPS) is 16.1. The zero-order chi connectivity index (χ0) is 36.2. The van der Waals surface area contributed by atoms with Crippen molar-refractivity contribution in [2.24, 2.45) is 17.6 Å². The summed E-state index contributed by atoms with van der Waals surface area (Å²) in [6.07, 6.45) is 4.57. The van der Waals surface area contributed by atoms with Gasteiger partial charge in [0, 0.05) is 35.7 Å². The van der Waals surface area contributed by atoms with Crippen molar-refractivity contribution in [2.45, 2.75) is 65.3 Å². The van der Waals surface area contributed by atoms with Gasteiger partial charge in [0.15, 0.2) is 0 Å². The van der Waals surface area contributed by atoms with Gasteiger partial charge in [0.2, 0.25) is 17.6 Å². The van der Waals surface area contributed by atoms with E-state index in [0.717, 1.165) is 79.6 Å². The molecule has 0 unspecified atom stereocenters. The number of hydrogen-bond donors (Lipinski definition) is 5. The predicted molar refractivity (Wildman–Crippen MR) is 207 cm³/mol. The van der Waals surface area contributed by atoms with E-state index in [1.807, 2.05) is 49.4 Å². The maximum Gasteiger partial charge on any atom is 0.251 e. The summed E-state index contributed by atoms with van der Waals surface area (Å²) in [4.78, 5) is 42.5. The summed E-state index contributed by atoms with van der Waals surface area (Å²) in [6, 6.07) is 20.1. The van der Waals surface area contributed by atoms with Crippen molar-refractivity contribution in [1.82, 2.24) is 36.2 Å². The molecule has 0 radical (unpaired) electrons. The SMILES string of the molecule is CCN(CC)CCCNC(=O)c1ccc(C)c(-c2ccc(C[C@H](NC(=O)[C@H]3CC[C@H](CN)CC3)C(=O)Nc3ccc(-c4nn[nH]n4)cc3)cc2)c1.Cl. The molecule has 13 heteroatoms.